The number of hydrogen-bond donors (Lipinski definition) is 1. The molecule has 0 radical (unpaired) electrons. The monoisotopic (exact) mass is 327 g/mol. The zero-order chi connectivity index (χ0) is 16.9. The van der Waals surface area contributed by atoms with Gasteiger partial charge in [-0.15, -0.1) is 0 Å². The predicted octanol–water partition coefficient (Wildman–Crippen LogP) is 3.11. The average Bonchev–Trinajstić information content (AvgIpc) is 2.63. The highest BCUT2D eigenvalue weighted by atomic mass is 16.5. The summed E-state index contributed by atoms with van der Waals surface area (Å²) in [5, 5.41) is 9.44. The van der Waals surface area contributed by atoms with Crippen LogP contribution in [0.1, 0.15) is 17.3 Å². The molecule has 0 saturated carbocycles. The highest BCUT2D eigenvalue weighted by Crippen LogP contribution is 2.28. The number of nitrogens with zero attached hydrogens (tertiary/aromatic N) is 1. The third-order valence-corrected chi connectivity index (χ3v) is 4.18. The van der Waals surface area contributed by atoms with Crippen molar-refractivity contribution in [1.82, 2.24) is 4.90 Å². The van der Waals surface area contributed by atoms with E-state index in [0.29, 0.717) is 19.0 Å². The predicted molar refractivity (Wildman–Crippen MR) is 91.3 cm³/mol. The largest absolute Gasteiger partial charge is 0.478 e. The minimum atomic E-state index is -0.987. The van der Waals surface area contributed by atoms with E-state index >= 15 is 0 Å². The SMILES string of the molecule is CC(Oc1cc(-c2ccccc2)ccc1C(=O)O)N1CCOCC1. The fourth-order valence-corrected chi connectivity index (χ4v) is 2.81. The van der Waals surface area contributed by atoms with Gasteiger partial charge in [0.25, 0.3) is 0 Å². The molecule has 126 valence electrons. The van der Waals surface area contributed by atoms with E-state index in [9.17, 15) is 9.90 Å². The van der Waals surface area contributed by atoms with Crippen LogP contribution in [0.15, 0.2) is 48.5 Å². The molecule has 1 aliphatic rings. The fourth-order valence-electron chi connectivity index (χ4n) is 2.81. The van der Waals surface area contributed by atoms with Gasteiger partial charge in [-0.2, -0.15) is 0 Å². The standard InChI is InChI=1S/C19H21NO4/c1-14(20-9-11-23-12-10-20)24-18-13-16(7-8-17(18)19(21)22)15-5-3-2-4-6-15/h2-8,13-14H,9-12H2,1H3,(H,21,22). The Kier molecular flexibility index (Phi) is 5.13. The molecule has 2 aromatic rings. The van der Waals surface area contributed by atoms with E-state index in [4.69, 9.17) is 9.47 Å². The lowest BCUT2D eigenvalue weighted by Gasteiger charge is -2.32. The Morgan fingerprint density at radius 1 is 1.12 bits per heavy atom. The quantitative estimate of drug-likeness (QED) is 0.914. The molecule has 2 aromatic carbocycles. The van der Waals surface area contributed by atoms with Crippen molar-refractivity contribution in [2.24, 2.45) is 0 Å². The van der Waals surface area contributed by atoms with E-state index in [-0.39, 0.29) is 11.8 Å². The second kappa shape index (κ2) is 7.47. The molecule has 1 aliphatic heterocycles. The molecule has 0 spiro atoms. The lowest BCUT2D eigenvalue weighted by molar-refractivity contribution is -0.0376. The van der Waals surface area contributed by atoms with Crippen molar-refractivity contribution < 1.29 is 19.4 Å². The van der Waals surface area contributed by atoms with Crippen LogP contribution in [0.5, 0.6) is 5.75 Å². The molecule has 0 aromatic heterocycles. The van der Waals surface area contributed by atoms with Crippen LogP contribution in [-0.2, 0) is 4.74 Å². The first kappa shape index (κ1) is 16.5. The summed E-state index contributed by atoms with van der Waals surface area (Å²) in [6.45, 7) is 4.84. The van der Waals surface area contributed by atoms with Crippen LogP contribution < -0.4 is 4.74 Å². The fraction of sp³-hybridized carbons (Fsp3) is 0.316. The zero-order valence-electron chi connectivity index (χ0n) is 13.6. The summed E-state index contributed by atoms with van der Waals surface area (Å²) >= 11 is 0. The van der Waals surface area contributed by atoms with Gasteiger partial charge in [-0.25, -0.2) is 4.79 Å². The molecular formula is C19H21NO4. The summed E-state index contributed by atoms with van der Waals surface area (Å²) in [7, 11) is 0. The second-order valence-corrected chi connectivity index (χ2v) is 5.75. The van der Waals surface area contributed by atoms with Crippen molar-refractivity contribution in [3.05, 3.63) is 54.1 Å². The maximum Gasteiger partial charge on any atom is 0.339 e. The maximum atomic E-state index is 11.5. The van der Waals surface area contributed by atoms with Crippen molar-refractivity contribution in [2.45, 2.75) is 13.2 Å². The summed E-state index contributed by atoms with van der Waals surface area (Å²) in [6, 6.07) is 15.1. The van der Waals surface area contributed by atoms with Crippen molar-refractivity contribution in [3.63, 3.8) is 0 Å². The van der Waals surface area contributed by atoms with Crippen LogP contribution in [0, 0.1) is 0 Å². The molecule has 0 aliphatic carbocycles. The molecule has 5 nitrogen and oxygen atoms in total. The number of rotatable bonds is 5. The maximum absolute atomic E-state index is 11.5. The topological polar surface area (TPSA) is 59.0 Å². The lowest BCUT2D eigenvalue weighted by Crippen LogP contribution is -2.44. The van der Waals surface area contributed by atoms with Gasteiger partial charge in [-0.05, 0) is 30.2 Å². The van der Waals surface area contributed by atoms with Gasteiger partial charge in [0, 0.05) is 13.1 Å². The second-order valence-electron chi connectivity index (χ2n) is 5.75. The average molecular weight is 327 g/mol. The van der Waals surface area contributed by atoms with Gasteiger partial charge in [0.2, 0.25) is 0 Å². The minimum Gasteiger partial charge on any atom is -0.478 e. The van der Waals surface area contributed by atoms with E-state index in [1.165, 1.54) is 0 Å². The number of aromatic carboxylic acids is 1. The van der Waals surface area contributed by atoms with E-state index in [1.807, 2.05) is 43.3 Å². The van der Waals surface area contributed by atoms with E-state index in [0.717, 1.165) is 24.2 Å². The number of carboxylic acids is 1. The van der Waals surface area contributed by atoms with Crippen molar-refractivity contribution in [1.29, 1.82) is 0 Å². The van der Waals surface area contributed by atoms with E-state index in [1.54, 1.807) is 12.1 Å². The summed E-state index contributed by atoms with van der Waals surface area (Å²) in [5.41, 5.74) is 2.14. The number of hydrogen-bond acceptors (Lipinski definition) is 4. The highest BCUT2D eigenvalue weighted by Gasteiger charge is 2.21. The van der Waals surface area contributed by atoms with E-state index in [2.05, 4.69) is 4.90 Å². The number of carboxylic acid groups (broad SMARTS) is 1. The molecule has 3 rings (SSSR count). The van der Waals surface area contributed by atoms with E-state index < -0.39 is 5.97 Å². The van der Waals surface area contributed by atoms with Crippen LogP contribution in [-0.4, -0.2) is 48.5 Å². The van der Waals surface area contributed by atoms with Gasteiger partial charge in [-0.3, -0.25) is 4.90 Å². The molecule has 1 N–H and O–H groups in total. The molecule has 1 heterocycles. The lowest BCUT2D eigenvalue weighted by atomic mass is 10.0. The van der Waals surface area contributed by atoms with Gasteiger partial charge < -0.3 is 14.6 Å². The number of carbonyl (C=O) groups is 1. The number of ether oxygens (including phenoxy) is 2. The zero-order valence-corrected chi connectivity index (χ0v) is 13.6. The van der Waals surface area contributed by atoms with Gasteiger partial charge in [0.15, 0.2) is 0 Å². The molecule has 0 amide bonds. The Bertz CT molecular complexity index is 696. The summed E-state index contributed by atoms with van der Waals surface area (Å²) < 4.78 is 11.3. The van der Waals surface area contributed by atoms with Gasteiger partial charge in [-0.1, -0.05) is 36.4 Å². The Hall–Kier alpha value is -2.37. The van der Waals surface area contributed by atoms with Crippen molar-refractivity contribution >= 4 is 5.97 Å². The Labute approximate surface area is 141 Å². The molecule has 1 saturated heterocycles. The number of benzene rings is 2. The molecule has 0 bridgehead atoms. The van der Waals surface area contributed by atoms with Crippen LogP contribution in [0.3, 0.4) is 0 Å². The molecule has 24 heavy (non-hydrogen) atoms. The van der Waals surface area contributed by atoms with Crippen molar-refractivity contribution in [3.8, 4) is 16.9 Å². The summed E-state index contributed by atoms with van der Waals surface area (Å²) in [4.78, 5) is 13.7. The van der Waals surface area contributed by atoms with Crippen LogP contribution in [0.4, 0.5) is 0 Å². The van der Waals surface area contributed by atoms with Gasteiger partial charge >= 0.3 is 5.97 Å². The smallest absolute Gasteiger partial charge is 0.339 e. The van der Waals surface area contributed by atoms with Crippen molar-refractivity contribution in [2.75, 3.05) is 26.3 Å². The molecular weight excluding hydrogens is 306 g/mol. The first-order chi connectivity index (χ1) is 11.6. The number of morpholine rings is 1. The highest BCUT2D eigenvalue weighted by molar-refractivity contribution is 5.92. The Morgan fingerprint density at radius 3 is 2.50 bits per heavy atom. The molecule has 5 heteroatoms. The first-order valence-corrected chi connectivity index (χ1v) is 8.06. The molecule has 1 fully saturated rings. The first-order valence-electron chi connectivity index (χ1n) is 8.06. The Balaban J connectivity index is 1.87. The Morgan fingerprint density at radius 2 is 1.83 bits per heavy atom. The summed E-state index contributed by atoms with van der Waals surface area (Å²) in [6.07, 6.45) is -0.210. The van der Waals surface area contributed by atoms with Crippen LogP contribution in [0.25, 0.3) is 11.1 Å². The third kappa shape index (κ3) is 3.75. The van der Waals surface area contributed by atoms with Crippen LogP contribution >= 0.6 is 0 Å². The van der Waals surface area contributed by atoms with Gasteiger partial charge in [0.05, 0.1) is 13.2 Å². The van der Waals surface area contributed by atoms with Gasteiger partial charge in [0.1, 0.15) is 17.5 Å². The third-order valence-electron chi connectivity index (χ3n) is 4.18. The summed E-state index contributed by atoms with van der Waals surface area (Å²) in [5.74, 6) is -0.596. The van der Waals surface area contributed by atoms with Crippen LogP contribution in [0.2, 0.25) is 0 Å². The molecule has 1 atom stereocenters. The normalized spacial score (nSPS) is 16.5. The molecule has 1 unspecified atom stereocenters. The minimum absolute atomic E-state index is 0.176.